The number of hydrogen-bond acceptors (Lipinski definition) is 2. The average Bonchev–Trinajstić information content (AvgIpc) is 2.91. The minimum atomic E-state index is 0.969. The molecule has 2 nitrogen and oxygen atoms in total. The van der Waals surface area contributed by atoms with Crippen molar-refractivity contribution in [2.75, 3.05) is 13.1 Å². The lowest BCUT2D eigenvalue weighted by atomic mass is 10.0. The number of likely N-dealkylation sites (N-methyl/N-ethyl adjacent to an activating group) is 1. The second kappa shape index (κ2) is 5.93. The van der Waals surface area contributed by atoms with Crippen molar-refractivity contribution in [3.05, 3.63) is 60.4 Å². The molecule has 0 unspecified atom stereocenters. The molecule has 1 heterocycles. The van der Waals surface area contributed by atoms with Crippen LogP contribution in [0.5, 0.6) is 0 Å². The van der Waals surface area contributed by atoms with Crippen LogP contribution in [0.25, 0.3) is 22.1 Å². The van der Waals surface area contributed by atoms with E-state index in [1.54, 1.807) is 0 Å². The quantitative estimate of drug-likeness (QED) is 0.698. The van der Waals surface area contributed by atoms with Gasteiger partial charge in [0.1, 0.15) is 5.58 Å². The van der Waals surface area contributed by atoms with Crippen molar-refractivity contribution in [1.29, 1.82) is 0 Å². The summed E-state index contributed by atoms with van der Waals surface area (Å²) in [5.74, 6) is 0. The third kappa shape index (κ3) is 2.61. The normalized spacial score (nSPS) is 11.1. The van der Waals surface area contributed by atoms with Gasteiger partial charge in [0.05, 0.1) is 6.26 Å². The monoisotopic (exact) mass is 265 g/mol. The Morgan fingerprint density at radius 1 is 1.00 bits per heavy atom. The van der Waals surface area contributed by atoms with E-state index in [2.05, 4.69) is 54.7 Å². The topological polar surface area (TPSA) is 25.2 Å². The van der Waals surface area contributed by atoms with E-state index in [1.165, 1.54) is 22.1 Å². The fourth-order valence-electron chi connectivity index (χ4n) is 2.49. The van der Waals surface area contributed by atoms with E-state index in [0.29, 0.717) is 0 Å². The van der Waals surface area contributed by atoms with Gasteiger partial charge in [-0.25, -0.2) is 0 Å². The van der Waals surface area contributed by atoms with E-state index in [4.69, 9.17) is 4.42 Å². The second-order valence-corrected chi connectivity index (χ2v) is 4.94. The maximum atomic E-state index is 5.64. The molecule has 0 aliphatic rings. The summed E-state index contributed by atoms with van der Waals surface area (Å²) in [6.07, 6.45) is 2.88. The van der Waals surface area contributed by atoms with Crippen molar-refractivity contribution >= 4 is 11.0 Å². The van der Waals surface area contributed by atoms with Crippen LogP contribution in [0, 0.1) is 0 Å². The van der Waals surface area contributed by atoms with E-state index >= 15 is 0 Å². The number of furan rings is 1. The van der Waals surface area contributed by atoms with Crippen LogP contribution >= 0.6 is 0 Å². The van der Waals surface area contributed by atoms with Gasteiger partial charge in [-0.3, -0.25) is 0 Å². The van der Waals surface area contributed by atoms with Crippen LogP contribution in [0.4, 0.5) is 0 Å². The minimum Gasteiger partial charge on any atom is -0.464 e. The van der Waals surface area contributed by atoms with Crippen molar-refractivity contribution in [3.8, 4) is 11.1 Å². The lowest BCUT2D eigenvalue weighted by Crippen LogP contribution is -2.15. The highest BCUT2D eigenvalue weighted by Gasteiger charge is 2.07. The van der Waals surface area contributed by atoms with Crippen LogP contribution in [0.1, 0.15) is 12.5 Å². The summed E-state index contributed by atoms with van der Waals surface area (Å²) in [7, 11) is 0. The summed E-state index contributed by atoms with van der Waals surface area (Å²) in [6, 6.07) is 16.9. The number of fused-ring (bicyclic) bond motifs is 1. The van der Waals surface area contributed by atoms with Crippen molar-refractivity contribution in [2.45, 2.75) is 13.3 Å². The summed E-state index contributed by atoms with van der Waals surface area (Å²) in [4.78, 5) is 0. The zero-order chi connectivity index (χ0) is 13.8. The van der Waals surface area contributed by atoms with Crippen molar-refractivity contribution in [3.63, 3.8) is 0 Å². The molecular weight excluding hydrogens is 246 g/mol. The molecule has 2 heteroatoms. The van der Waals surface area contributed by atoms with Gasteiger partial charge >= 0.3 is 0 Å². The predicted molar refractivity (Wildman–Crippen MR) is 83.9 cm³/mol. The van der Waals surface area contributed by atoms with Gasteiger partial charge in [-0.2, -0.15) is 0 Å². The highest BCUT2D eigenvalue weighted by atomic mass is 16.3. The molecule has 0 aliphatic heterocycles. The van der Waals surface area contributed by atoms with Gasteiger partial charge < -0.3 is 9.73 Å². The molecule has 0 atom stereocenters. The molecule has 3 rings (SSSR count). The molecule has 20 heavy (non-hydrogen) atoms. The molecule has 0 amide bonds. The zero-order valence-corrected chi connectivity index (χ0v) is 11.7. The van der Waals surface area contributed by atoms with Crippen LogP contribution < -0.4 is 5.32 Å². The minimum absolute atomic E-state index is 0.969. The van der Waals surface area contributed by atoms with E-state index in [9.17, 15) is 0 Å². The van der Waals surface area contributed by atoms with Crippen LogP contribution in [0.2, 0.25) is 0 Å². The van der Waals surface area contributed by atoms with E-state index in [0.717, 1.165) is 25.1 Å². The smallest absolute Gasteiger partial charge is 0.134 e. The standard InChI is InChI=1S/C18H19NO/c1-2-19-11-10-16-13-20-18-9-8-15(12-17(16)18)14-6-4-3-5-7-14/h3-9,12-13,19H,2,10-11H2,1H3. The molecule has 0 spiro atoms. The summed E-state index contributed by atoms with van der Waals surface area (Å²) >= 11 is 0. The molecule has 1 N–H and O–H groups in total. The number of benzene rings is 2. The Hall–Kier alpha value is -2.06. The van der Waals surface area contributed by atoms with Crippen LogP contribution in [0.3, 0.4) is 0 Å². The lowest BCUT2D eigenvalue weighted by molar-refractivity contribution is 0.607. The first-order valence-electron chi connectivity index (χ1n) is 7.14. The maximum Gasteiger partial charge on any atom is 0.134 e. The maximum absolute atomic E-state index is 5.64. The van der Waals surface area contributed by atoms with Gasteiger partial charge in [0.15, 0.2) is 0 Å². The Labute approximate surface area is 119 Å². The average molecular weight is 265 g/mol. The molecule has 0 radical (unpaired) electrons. The van der Waals surface area contributed by atoms with Gasteiger partial charge in [0.25, 0.3) is 0 Å². The predicted octanol–water partition coefficient (Wildman–Crippen LogP) is 4.25. The second-order valence-electron chi connectivity index (χ2n) is 4.94. The van der Waals surface area contributed by atoms with Gasteiger partial charge in [0.2, 0.25) is 0 Å². The molecule has 102 valence electrons. The number of hydrogen-bond donors (Lipinski definition) is 1. The molecule has 0 bridgehead atoms. The summed E-state index contributed by atoms with van der Waals surface area (Å²) in [5, 5.41) is 4.58. The Balaban J connectivity index is 1.95. The van der Waals surface area contributed by atoms with Gasteiger partial charge in [0, 0.05) is 5.39 Å². The van der Waals surface area contributed by atoms with E-state index in [1.807, 2.05) is 12.3 Å². The molecule has 1 aromatic heterocycles. The highest BCUT2D eigenvalue weighted by Crippen LogP contribution is 2.28. The zero-order valence-electron chi connectivity index (χ0n) is 11.7. The highest BCUT2D eigenvalue weighted by molar-refractivity contribution is 5.86. The van der Waals surface area contributed by atoms with Crippen LogP contribution in [0.15, 0.2) is 59.2 Å². The first-order chi connectivity index (χ1) is 9.88. The third-order valence-corrected chi connectivity index (χ3v) is 3.58. The Morgan fingerprint density at radius 2 is 1.85 bits per heavy atom. The summed E-state index contributed by atoms with van der Waals surface area (Å²) < 4.78 is 5.64. The molecule has 2 aromatic carbocycles. The van der Waals surface area contributed by atoms with Crippen molar-refractivity contribution in [1.82, 2.24) is 5.32 Å². The summed E-state index contributed by atoms with van der Waals surface area (Å²) in [5.41, 5.74) is 4.73. The van der Waals surface area contributed by atoms with E-state index in [-0.39, 0.29) is 0 Å². The van der Waals surface area contributed by atoms with Gasteiger partial charge in [-0.05, 0) is 48.3 Å². The molecule has 0 saturated heterocycles. The fraction of sp³-hybridized carbons (Fsp3) is 0.222. The fourth-order valence-corrected chi connectivity index (χ4v) is 2.49. The molecular formula is C18H19NO. The molecule has 0 fully saturated rings. The lowest BCUT2D eigenvalue weighted by Gasteiger charge is -2.03. The first kappa shape index (κ1) is 12.9. The van der Waals surface area contributed by atoms with Crippen LogP contribution in [-0.2, 0) is 6.42 Å². The number of nitrogens with one attached hydrogen (secondary N) is 1. The molecule has 3 aromatic rings. The van der Waals surface area contributed by atoms with Crippen molar-refractivity contribution < 1.29 is 4.42 Å². The third-order valence-electron chi connectivity index (χ3n) is 3.58. The Kier molecular flexibility index (Phi) is 3.84. The van der Waals surface area contributed by atoms with Crippen molar-refractivity contribution in [2.24, 2.45) is 0 Å². The number of rotatable bonds is 5. The van der Waals surface area contributed by atoms with Gasteiger partial charge in [-0.15, -0.1) is 0 Å². The van der Waals surface area contributed by atoms with Crippen LogP contribution in [-0.4, -0.2) is 13.1 Å². The first-order valence-corrected chi connectivity index (χ1v) is 7.14. The SMILES string of the molecule is CCNCCc1coc2ccc(-c3ccccc3)cc12. The summed E-state index contributed by atoms with van der Waals surface area (Å²) in [6.45, 7) is 4.12. The Bertz CT molecular complexity index is 685. The Morgan fingerprint density at radius 3 is 2.65 bits per heavy atom. The van der Waals surface area contributed by atoms with E-state index < -0.39 is 0 Å². The van der Waals surface area contributed by atoms with Gasteiger partial charge in [-0.1, -0.05) is 43.3 Å². The largest absolute Gasteiger partial charge is 0.464 e. The molecule has 0 saturated carbocycles. The molecule has 0 aliphatic carbocycles.